The standard InChI is InChI=1S/C42H52N2O7/c1-27(2)10-9-11-28(3)34-16-17-35-33-26-41(23-18-29-12-7-6-8-13-29)42(51-41)25-31(19-22-40(42,5)36(33)20-21-39(34,35)4)50-38(45)32-15-14-30(43(46)47)24-37(32)44(48)49/h6-8,12-15,24,27-28,31,33-36H,9-11,16-17,19-22,25-26H2,1-5H3. The lowest BCUT2D eigenvalue weighted by Crippen LogP contribution is -2.61. The maximum atomic E-state index is 13.5. The van der Waals surface area contributed by atoms with Crippen molar-refractivity contribution in [2.24, 2.45) is 46.3 Å². The molecule has 5 fully saturated rings. The maximum absolute atomic E-state index is 13.5. The maximum Gasteiger partial charge on any atom is 0.345 e. The zero-order valence-electron chi connectivity index (χ0n) is 30.7. The first kappa shape index (κ1) is 35.6. The van der Waals surface area contributed by atoms with Gasteiger partial charge in [-0.3, -0.25) is 20.2 Å². The van der Waals surface area contributed by atoms with Gasteiger partial charge in [0, 0.05) is 23.5 Å². The van der Waals surface area contributed by atoms with Crippen molar-refractivity contribution in [2.75, 3.05) is 0 Å². The van der Waals surface area contributed by atoms with Crippen LogP contribution >= 0.6 is 0 Å². The SMILES string of the molecule is CC(C)CCCC(C)C1CCC2C3CC4(C#Cc5ccccc5)OC45CC(OC(=O)c4ccc([N+](=O)[O-])cc4[N+](=O)[O-])CCC5(C)C3CCC12C. The zero-order chi connectivity index (χ0) is 36.3. The largest absolute Gasteiger partial charge is 0.458 e. The lowest BCUT2D eigenvalue weighted by molar-refractivity contribution is -0.394. The average molecular weight is 697 g/mol. The molecule has 0 bridgehead atoms. The fourth-order valence-corrected chi connectivity index (χ4v) is 11.9. The van der Waals surface area contributed by atoms with Crippen LogP contribution in [0.2, 0.25) is 0 Å². The minimum Gasteiger partial charge on any atom is -0.458 e. The number of hydrogen-bond acceptors (Lipinski definition) is 7. The highest BCUT2D eigenvalue weighted by Gasteiger charge is 2.83. The number of nitro groups is 2. The van der Waals surface area contributed by atoms with Crippen molar-refractivity contribution < 1.29 is 24.1 Å². The molecule has 4 saturated carbocycles. The number of esters is 1. The minimum absolute atomic E-state index is 0.161. The summed E-state index contributed by atoms with van der Waals surface area (Å²) < 4.78 is 13.1. The summed E-state index contributed by atoms with van der Waals surface area (Å²) in [5.74, 6) is 10.1. The molecule has 1 saturated heterocycles. The molecule has 9 heteroatoms. The van der Waals surface area contributed by atoms with Crippen LogP contribution in [0.25, 0.3) is 0 Å². The molecule has 2 aromatic carbocycles. The van der Waals surface area contributed by atoms with Crippen LogP contribution in [-0.4, -0.2) is 33.1 Å². The second-order valence-electron chi connectivity index (χ2n) is 17.4. The van der Waals surface area contributed by atoms with Crippen LogP contribution in [0.1, 0.15) is 121 Å². The van der Waals surface area contributed by atoms with Crippen molar-refractivity contribution in [2.45, 2.75) is 123 Å². The zero-order valence-corrected chi connectivity index (χ0v) is 30.7. The topological polar surface area (TPSA) is 125 Å². The van der Waals surface area contributed by atoms with Crippen molar-refractivity contribution in [3.63, 3.8) is 0 Å². The highest BCUT2D eigenvalue weighted by atomic mass is 16.6. The number of ether oxygens (including phenoxy) is 2. The molecule has 5 aliphatic rings. The summed E-state index contributed by atoms with van der Waals surface area (Å²) in [6, 6.07) is 13.1. The molecule has 10 atom stereocenters. The third kappa shape index (κ3) is 5.86. The number of fused-ring (bicyclic) bond motifs is 4. The Labute approximate surface area is 301 Å². The van der Waals surface area contributed by atoms with Gasteiger partial charge in [-0.2, -0.15) is 0 Å². The van der Waals surface area contributed by atoms with Gasteiger partial charge in [-0.25, -0.2) is 4.79 Å². The van der Waals surface area contributed by atoms with Gasteiger partial charge in [-0.1, -0.05) is 83.9 Å². The van der Waals surface area contributed by atoms with Crippen molar-refractivity contribution >= 4 is 17.3 Å². The number of nitro benzene ring substituents is 2. The number of non-ortho nitro benzene ring substituents is 1. The van der Waals surface area contributed by atoms with Crippen LogP contribution in [0.15, 0.2) is 48.5 Å². The summed E-state index contributed by atoms with van der Waals surface area (Å²) >= 11 is 0. The predicted octanol–water partition coefficient (Wildman–Crippen LogP) is 9.70. The Kier molecular flexibility index (Phi) is 9.09. The van der Waals surface area contributed by atoms with E-state index in [-0.39, 0.29) is 11.0 Å². The molecule has 1 aliphatic heterocycles. The molecule has 1 heterocycles. The first-order valence-corrected chi connectivity index (χ1v) is 19.2. The number of carbonyl (C=O) groups excluding carboxylic acids is 1. The van der Waals surface area contributed by atoms with E-state index in [1.807, 2.05) is 30.3 Å². The van der Waals surface area contributed by atoms with E-state index in [0.717, 1.165) is 54.9 Å². The van der Waals surface area contributed by atoms with Gasteiger partial charge in [0.15, 0.2) is 5.60 Å². The number of epoxide rings is 1. The Morgan fingerprint density at radius 2 is 1.71 bits per heavy atom. The Balaban J connectivity index is 1.17. The number of hydrogen-bond donors (Lipinski definition) is 0. The summed E-state index contributed by atoms with van der Waals surface area (Å²) in [5, 5.41) is 23.1. The van der Waals surface area contributed by atoms with Gasteiger partial charge in [0.05, 0.1) is 15.9 Å². The van der Waals surface area contributed by atoms with E-state index in [0.29, 0.717) is 41.9 Å². The van der Waals surface area contributed by atoms with Gasteiger partial charge < -0.3 is 9.47 Å². The monoisotopic (exact) mass is 696 g/mol. The van der Waals surface area contributed by atoms with Crippen LogP contribution in [0, 0.1) is 78.4 Å². The second-order valence-corrected chi connectivity index (χ2v) is 17.4. The molecule has 0 radical (unpaired) electrons. The smallest absolute Gasteiger partial charge is 0.345 e. The molecule has 10 unspecified atom stereocenters. The third-order valence-electron chi connectivity index (χ3n) is 14.4. The van der Waals surface area contributed by atoms with Crippen molar-refractivity contribution in [3.05, 3.63) is 79.9 Å². The molecule has 1 spiro atoms. The van der Waals surface area contributed by atoms with Gasteiger partial charge in [-0.15, -0.1) is 0 Å². The molecule has 2 aromatic rings. The van der Waals surface area contributed by atoms with E-state index in [1.54, 1.807) is 0 Å². The number of rotatable bonds is 9. The normalized spacial score (nSPS) is 36.7. The summed E-state index contributed by atoms with van der Waals surface area (Å²) in [6.07, 6.45) is 11.1. The fourth-order valence-electron chi connectivity index (χ4n) is 11.9. The van der Waals surface area contributed by atoms with Gasteiger partial charge in [0.2, 0.25) is 0 Å². The molecule has 9 nitrogen and oxygen atoms in total. The Morgan fingerprint density at radius 1 is 0.941 bits per heavy atom. The van der Waals surface area contributed by atoms with Gasteiger partial charge in [-0.05, 0) is 104 Å². The van der Waals surface area contributed by atoms with Crippen molar-refractivity contribution in [1.82, 2.24) is 0 Å². The molecule has 0 aromatic heterocycles. The predicted molar refractivity (Wildman–Crippen MR) is 194 cm³/mol. The van der Waals surface area contributed by atoms with E-state index in [4.69, 9.17) is 9.47 Å². The lowest BCUT2D eigenvalue weighted by Gasteiger charge is -2.60. The number of nitrogens with zero attached hydrogens (tertiary/aromatic N) is 2. The van der Waals surface area contributed by atoms with Crippen LogP contribution in [0.4, 0.5) is 11.4 Å². The highest BCUT2D eigenvalue weighted by Crippen LogP contribution is 2.78. The van der Waals surface area contributed by atoms with Crippen molar-refractivity contribution in [3.8, 4) is 11.8 Å². The molecule has 272 valence electrons. The van der Waals surface area contributed by atoms with E-state index in [9.17, 15) is 25.0 Å². The summed E-state index contributed by atoms with van der Waals surface area (Å²) in [6.45, 7) is 12.1. The molecule has 0 amide bonds. The van der Waals surface area contributed by atoms with E-state index in [1.165, 1.54) is 38.5 Å². The summed E-state index contributed by atoms with van der Waals surface area (Å²) in [5.41, 5.74) is -1.54. The average Bonchev–Trinajstić information content (AvgIpc) is 3.59. The lowest BCUT2D eigenvalue weighted by atomic mass is 9.42. The molecular formula is C42H52N2O7. The molecule has 51 heavy (non-hydrogen) atoms. The van der Waals surface area contributed by atoms with Crippen LogP contribution in [0.5, 0.6) is 0 Å². The quantitative estimate of drug-likeness (QED) is 0.0840. The highest BCUT2D eigenvalue weighted by molar-refractivity contribution is 5.94. The van der Waals surface area contributed by atoms with E-state index < -0.39 is 44.5 Å². The van der Waals surface area contributed by atoms with Gasteiger partial charge in [0.25, 0.3) is 11.4 Å². The first-order valence-electron chi connectivity index (χ1n) is 19.2. The minimum atomic E-state index is -0.843. The molecule has 7 rings (SSSR count). The van der Waals surface area contributed by atoms with Crippen LogP contribution in [-0.2, 0) is 9.47 Å². The Morgan fingerprint density at radius 3 is 2.41 bits per heavy atom. The molecule has 4 aliphatic carbocycles. The van der Waals surface area contributed by atoms with E-state index in [2.05, 4.69) is 46.5 Å². The third-order valence-corrected chi connectivity index (χ3v) is 14.4. The molecule has 0 N–H and O–H groups in total. The number of benzene rings is 2. The number of carbonyl (C=O) groups is 1. The summed E-state index contributed by atoms with van der Waals surface area (Å²) in [4.78, 5) is 35.1. The van der Waals surface area contributed by atoms with Crippen LogP contribution < -0.4 is 0 Å². The summed E-state index contributed by atoms with van der Waals surface area (Å²) in [7, 11) is 0. The second kappa shape index (κ2) is 13.0. The Hall–Kier alpha value is -3.77. The van der Waals surface area contributed by atoms with Crippen LogP contribution in [0.3, 0.4) is 0 Å². The van der Waals surface area contributed by atoms with Crippen molar-refractivity contribution in [1.29, 1.82) is 0 Å². The first-order chi connectivity index (χ1) is 24.2. The van der Waals surface area contributed by atoms with Gasteiger partial charge in [0.1, 0.15) is 17.3 Å². The molecular weight excluding hydrogens is 644 g/mol. The fraction of sp³-hybridized carbons (Fsp3) is 0.643. The van der Waals surface area contributed by atoms with Gasteiger partial charge >= 0.3 is 5.97 Å². The van der Waals surface area contributed by atoms with E-state index >= 15 is 0 Å². The Bertz CT molecular complexity index is 1770.